The molecule has 2 unspecified atom stereocenters. The van der Waals surface area contributed by atoms with Crippen molar-refractivity contribution in [2.75, 3.05) is 13.9 Å². The number of methoxy groups -OCH3 is 1. The molecule has 0 bridgehead atoms. The number of nitrogens with one attached hydrogen (secondary N) is 1. The van der Waals surface area contributed by atoms with E-state index in [1.165, 1.54) is 6.20 Å². The van der Waals surface area contributed by atoms with Gasteiger partial charge >= 0.3 is 8.60 Å². The Bertz CT molecular complexity index is 1060. The smallest absolute Gasteiger partial charge is 0.399 e. The second kappa shape index (κ2) is 10.9. The molecule has 1 aromatic heterocycles. The molecule has 2 aliphatic rings. The fourth-order valence-electron chi connectivity index (χ4n) is 2.92. The normalized spacial score (nSPS) is 21.8. The molecule has 1 aromatic carbocycles. The Hall–Kier alpha value is -2.19. The molecule has 0 amide bonds. The topological polar surface area (TPSA) is 104 Å². The zero-order valence-corrected chi connectivity index (χ0v) is 18.4. The summed E-state index contributed by atoms with van der Waals surface area (Å²) in [7, 11) is 5.69. The molecule has 2 N–H and O–H groups in total. The van der Waals surface area contributed by atoms with E-state index in [1.807, 2.05) is 12.1 Å². The second-order valence-electron chi connectivity index (χ2n) is 6.36. The summed E-state index contributed by atoms with van der Waals surface area (Å²) in [5.74, 6) is 3.57. The van der Waals surface area contributed by atoms with Crippen molar-refractivity contribution in [1.82, 2.24) is 9.55 Å². The number of aliphatic hydroxyl groups excluding tert-OH is 1. The van der Waals surface area contributed by atoms with Crippen molar-refractivity contribution < 1.29 is 28.2 Å². The van der Waals surface area contributed by atoms with Crippen molar-refractivity contribution in [3.8, 4) is 23.8 Å². The predicted octanol–water partition coefficient (Wildman–Crippen LogP) is 2.49. The van der Waals surface area contributed by atoms with Gasteiger partial charge in [0.15, 0.2) is 23.1 Å². The Kier molecular flexibility index (Phi) is 8.26. The first-order valence-corrected chi connectivity index (χ1v) is 10.7. The number of aliphatic hydroxyl groups is 1. The molecule has 162 valence electrons. The third-order valence-electron chi connectivity index (χ3n) is 4.40. The molecule has 0 spiro atoms. The monoisotopic (exact) mass is 462 g/mol. The molecule has 12 heteroatoms. The summed E-state index contributed by atoms with van der Waals surface area (Å²) in [5, 5.41) is 8.60. The summed E-state index contributed by atoms with van der Waals surface area (Å²) >= 11 is 5.04. The van der Waals surface area contributed by atoms with E-state index in [0.717, 1.165) is 18.4 Å². The highest BCUT2D eigenvalue weighted by atomic mass is 32.1. The standard InChI is InChI=1S/C10H9BN2O2S.C9H11O5P/c1-2-6-5-13(10(16)12-9(6)14)8-4-3-7(11)15-8;1-11-8-4-2-3-7-5-12-15(13-6-10)14-9(7)8/h1,5,7-8H,3-4H2,(H,12,14,16);2-4,10H,5-6H2,1H3/t7-,8?;/m0./s1. The number of rotatable bonds is 4. The van der Waals surface area contributed by atoms with E-state index in [-0.39, 0.29) is 23.4 Å². The third-order valence-corrected chi connectivity index (χ3v) is 5.71. The average molecular weight is 462 g/mol. The van der Waals surface area contributed by atoms with Crippen LogP contribution in [0.1, 0.15) is 30.2 Å². The maximum Gasteiger partial charge on any atom is 0.399 e. The van der Waals surface area contributed by atoms with Gasteiger partial charge in [-0.1, -0.05) is 18.1 Å². The minimum absolute atomic E-state index is 0.234. The van der Waals surface area contributed by atoms with Crippen molar-refractivity contribution in [2.45, 2.75) is 31.7 Å². The molecule has 2 aliphatic heterocycles. The van der Waals surface area contributed by atoms with Crippen LogP contribution in [0.3, 0.4) is 0 Å². The maximum absolute atomic E-state index is 11.4. The Morgan fingerprint density at radius 2 is 2.29 bits per heavy atom. The van der Waals surface area contributed by atoms with Crippen LogP contribution in [-0.2, 0) is 20.4 Å². The van der Waals surface area contributed by atoms with E-state index in [4.69, 9.17) is 54.6 Å². The average Bonchev–Trinajstić information content (AvgIpc) is 3.20. The Balaban J connectivity index is 0.000000176. The molecular weight excluding hydrogens is 442 g/mol. The summed E-state index contributed by atoms with van der Waals surface area (Å²) in [6.45, 7) is -0.0194. The largest absolute Gasteiger partial charge is 0.493 e. The first-order chi connectivity index (χ1) is 15.0. The molecule has 1 saturated heterocycles. The van der Waals surface area contributed by atoms with Gasteiger partial charge in [0.05, 0.1) is 13.7 Å². The summed E-state index contributed by atoms with van der Waals surface area (Å²) in [6.07, 6.45) is 8.02. The zero-order valence-electron chi connectivity index (χ0n) is 16.6. The van der Waals surface area contributed by atoms with E-state index < -0.39 is 15.4 Å². The van der Waals surface area contributed by atoms with Crippen LogP contribution < -0.4 is 14.8 Å². The number of hydrogen-bond acceptors (Lipinski definition) is 8. The van der Waals surface area contributed by atoms with Gasteiger partial charge in [-0.3, -0.25) is 23.4 Å². The second-order valence-corrected chi connectivity index (χ2v) is 7.89. The molecule has 0 aliphatic carbocycles. The Labute approximate surface area is 186 Å². The van der Waals surface area contributed by atoms with E-state index in [1.54, 1.807) is 17.7 Å². The van der Waals surface area contributed by atoms with E-state index >= 15 is 0 Å². The molecule has 2 aromatic rings. The van der Waals surface area contributed by atoms with Crippen LogP contribution in [0.25, 0.3) is 0 Å². The number of aromatic nitrogens is 2. The van der Waals surface area contributed by atoms with Crippen LogP contribution in [0, 0.1) is 17.1 Å². The van der Waals surface area contributed by atoms with E-state index in [0.29, 0.717) is 22.9 Å². The van der Waals surface area contributed by atoms with Crippen molar-refractivity contribution in [3.05, 3.63) is 50.6 Å². The lowest BCUT2D eigenvalue weighted by molar-refractivity contribution is 0.0353. The summed E-state index contributed by atoms with van der Waals surface area (Å²) in [5.41, 5.74) is 0.790. The molecular formula is C19H20BN2O7PS. The van der Waals surface area contributed by atoms with E-state index in [9.17, 15) is 4.79 Å². The first kappa shape index (κ1) is 23.5. The molecule has 3 atom stereocenters. The van der Waals surface area contributed by atoms with Gasteiger partial charge in [-0.05, 0) is 31.1 Å². The SMILES string of the molecule is COc1cccc2c1OP(OCO)OC2.[B][C@@H]1CCC(n2cc(C#C)c(=O)[nH]c2=S)O1. The minimum Gasteiger partial charge on any atom is -0.493 e. The number of terminal acetylenes is 1. The molecule has 9 nitrogen and oxygen atoms in total. The third kappa shape index (κ3) is 5.74. The van der Waals surface area contributed by atoms with E-state index in [2.05, 4.69) is 10.9 Å². The van der Waals surface area contributed by atoms with Crippen molar-refractivity contribution in [3.63, 3.8) is 0 Å². The minimum atomic E-state index is -1.51. The Morgan fingerprint density at radius 3 is 2.94 bits per heavy atom. The van der Waals surface area contributed by atoms with Crippen LogP contribution in [0.2, 0.25) is 0 Å². The lowest BCUT2D eigenvalue weighted by Gasteiger charge is -2.24. The van der Waals surface area contributed by atoms with Gasteiger partial charge in [0.2, 0.25) is 0 Å². The lowest BCUT2D eigenvalue weighted by atomic mass is 9.98. The van der Waals surface area contributed by atoms with Crippen LogP contribution in [0.4, 0.5) is 0 Å². The fourth-order valence-corrected chi connectivity index (χ4v) is 4.06. The number of para-hydroxylation sites is 1. The van der Waals surface area contributed by atoms with Gasteiger partial charge < -0.3 is 19.1 Å². The van der Waals surface area contributed by atoms with Gasteiger partial charge in [-0.2, -0.15) is 0 Å². The lowest BCUT2D eigenvalue weighted by Crippen LogP contribution is -2.20. The van der Waals surface area contributed by atoms with Gasteiger partial charge in [0.1, 0.15) is 19.6 Å². The number of hydrogen-bond donors (Lipinski definition) is 2. The molecule has 2 radical (unpaired) electrons. The maximum atomic E-state index is 11.4. The highest BCUT2D eigenvalue weighted by molar-refractivity contribution is 7.71. The molecule has 4 rings (SSSR count). The van der Waals surface area contributed by atoms with Gasteiger partial charge in [0.25, 0.3) is 5.56 Å². The number of ether oxygens (including phenoxy) is 2. The number of H-pyrrole nitrogens is 1. The molecule has 1 fully saturated rings. The highest BCUT2D eigenvalue weighted by Gasteiger charge is 2.26. The molecule has 0 saturated carbocycles. The quantitative estimate of drug-likeness (QED) is 0.235. The van der Waals surface area contributed by atoms with Crippen LogP contribution in [-0.4, -0.2) is 42.4 Å². The number of fused-ring (bicyclic) bond motifs is 1. The van der Waals surface area contributed by atoms with Crippen LogP contribution in [0.5, 0.6) is 11.5 Å². The van der Waals surface area contributed by atoms with Crippen LogP contribution in [0.15, 0.2) is 29.2 Å². The van der Waals surface area contributed by atoms with Crippen molar-refractivity contribution in [2.24, 2.45) is 0 Å². The Morgan fingerprint density at radius 1 is 1.48 bits per heavy atom. The predicted molar refractivity (Wildman–Crippen MR) is 116 cm³/mol. The zero-order chi connectivity index (χ0) is 22.4. The van der Waals surface area contributed by atoms with Crippen molar-refractivity contribution in [1.29, 1.82) is 0 Å². The fraction of sp³-hybridized carbons (Fsp3) is 0.368. The van der Waals surface area contributed by atoms with Crippen LogP contribution >= 0.6 is 20.8 Å². The number of aromatic amines is 1. The molecule has 3 heterocycles. The summed E-state index contributed by atoms with van der Waals surface area (Å²) in [4.78, 5) is 13.9. The summed E-state index contributed by atoms with van der Waals surface area (Å²) in [6, 6.07) is 5.28. The molecule has 31 heavy (non-hydrogen) atoms. The van der Waals surface area contributed by atoms with Gasteiger partial charge in [0, 0.05) is 17.8 Å². The number of nitrogens with zero attached hydrogens (tertiary/aromatic N) is 1. The van der Waals surface area contributed by atoms with Gasteiger partial charge in [-0.25, -0.2) is 0 Å². The first-order valence-electron chi connectivity index (χ1n) is 9.20. The number of benzene rings is 1. The van der Waals surface area contributed by atoms with Crippen molar-refractivity contribution >= 4 is 28.7 Å². The summed E-state index contributed by atoms with van der Waals surface area (Å²) < 4.78 is 28.1. The highest BCUT2D eigenvalue weighted by Crippen LogP contribution is 2.50. The van der Waals surface area contributed by atoms with Gasteiger partial charge in [-0.15, -0.1) is 6.42 Å².